The Balaban J connectivity index is -0.000000563. The van der Waals surface area contributed by atoms with Crippen molar-refractivity contribution in [3.8, 4) is 11.5 Å². The standard InChI is InChI=1S/C26H30N6O3.ClH.4H3N.4H2/c33-22-18-19(12-13-21(22)23(34)35-20-10-4-1-5-11-20)27-24-28-25(31-14-6-2-7-15-31)30-26(29-24)32-16-8-3-9-17-32;;;;;;;;;/h1,4-5,10-13,18,33H,2-3,6-9,14-17H2,(H,27,28,29,30);1H;4*1H3;4*1H. The second-order valence-corrected chi connectivity index (χ2v) is 8.91. The van der Waals surface area contributed by atoms with E-state index in [9.17, 15) is 9.90 Å². The predicted molar refractivity (Wildman–Crippen MR) is 171 cm³/mol. The molecule has 14 heteroatoms. The molecule has 1 aromatic heterocycles. The normalized spacial score (nSPS) is 14.1. The van der Waals surface area contributed by atoms with Crippen LogP contribution in [0, 0.1) is 0 Å². The van der Waals surface area contributed by atoms with Crippen molar-refractivity contribution in [2.75, 3.05) is 41.3 Å². The molecule has 0 unspecified atom stereocenters. The number of piperidine rings is 2. The van der Waals surface area contributed by atoms with Crippen LogP contribution in [0.15, 0.2) is 48.5 Å². The summed E-state index contributed by atoms with van der Waals surface area (Å²) in [5, 5.41) is 13.7. The highest BCUT2D eigenvalue weighted by atomic mass is 35.5. The van der Waals surface area contributed by atoms with Crippen LogP contribution < -0.4 is 44.5 Å². The Labute approximate surface area is 247 Å². The third kappa shape index (κ3) is 8.89. The van der Waals surface area contributed by atoms with Crippen molar-refractivity contribution in [1.29, 1.82) is 0 Å². The summed E-state index contributed by atoms with van der Waals surface area (Å²) < 4.78 is 5.34. The van der Waals surface area contributed by atoms with Gasteiger partial charge in [-0.1, -0.05) is 18.2 Å². The van der Waals surface area contributed by atoms with E-state index in [-0.39, 0.29) is 54.0 Å². The zero-order chi connectivity index (χ0) is 24.0. The summed E-state index contributed by atoms with van der Waals surface area (Å²) in [6.07, 6.45) is 6.96. The molecule has 0 spiro atoms. The van der Waals surface area contributed by atoms with Gasteiger partial charge in [0.2, 0.25) is 17.8 Å². The summed E-state index contributed by atoms with van der Waals surface area (Å²) in [5.74, 6) is 1.38. The number of hydrogen-bond acceptors (Lipinski definition) is 13. The number of anilines is 4. The van der Waals surface area contributed by atoms with Gasteiger partial charge in [0.15, 0.2) is 0 Å². The number of aromatic nitrogens is 3. The van der Waals surface area contributed by atoms with Gasteiger partial charge in [-0.05, 0) is 62.8 Å². The molecule has 2 saturated heterocycles. The number of carbonyl (C=O) groups excluding carboxylic acids is 1. The van der Waals surface area contributed by atoms with Crippen molar-refractivity contribution in [3.63, 3.8) is 0 Å². The van der Waals surface area contributed by atoms with Crippen molar-refractivity contribution in [3.05, 3.63) is 54.1 Å². The number of nitrogens with zero attached hydrogens (tertiary/aromatic N) is 5. The first-order chi connectivity index (χ1) is 17.2. The number of nitrogens with one attached hydrogen (secondary N) is 1. The quantitative estimate of drug-likeness (QED) is 0.132. The summed E-state index contributed by atoms with van der Waals surface area (Å²) in [4.78, 5) is 31.1. The van der Waals surface area contributed by atoms with E-state index < -0.39 is 5.97 Å². The molecule has 40 heavy (non-hydrogen) atoms. The second kappa shape index (κ2) is 17.0. The van der Waals surface area contributed by atoms with Crippen molar-refractivity contribution < 1.29 is 20.3 Å². The maximum Gasteiger partial charge on any atom is 0.347 e. The summed E-state index contributed by atoms with van der Waals surface area (Å²) in [5.41, 5.74) is 0.650. The zero-order valence-corrected chi connectivity index (χ0v) is 23.7. The second-order valence-electron chi connectivity index (χ2n) is 8.91. The van der Waals surface area contributed by atoms with Gasteiger partial charge in [-0.25, -0.2) is 4.79 Å². The van der Waals surface area contributed by atoms with Crippen molar-refractivity contribution in [1.82, 2.24) is 39.6 Å². The van der Waals surface area contributed by atoms with Gasteiger partial charge in [-0.3, -0.25) is 0 Å². The van der Waals surface area contributed by atoms with Crippen molar-refractivity contribution >= 4 is 41.9 Å². The molecule has 2 aliphatic rings. The molecule has 14 N–H and O–H groups in total. The fraction of sp³-hybridized carbons (Fsp3) is 0.385. The van der Waals surface area contributed by atoms with E-state index in [1.165, 1.54) is 25.0 Å². The van der Waals surface area contributed by atoms with Gasteiger partial charge in [-0.15, -0.1) is 12.4 Å². The Kier molecular flexibility index (Phi) is 15.4. The number of ether oxygens (including phenoxy) is 1. The minimum atomic E-state index is -0.625. The van der Waals surface area contributed by atoms with Crippen molar-refractivity contribution in [2.45, 2.75) is 38.5 Å². The molecule has 3 aromatic rings. The molecular weight excluding hydrogens is 536 g/mol. The van der Waals surface area contributed by atoms with Gasteiger partial charge in [0.25, 0.3) is 0 Å². The van der Waals surface area contributed by atoms with E-state index >= 15 is 0 Å². The third-order valence-corrected chi connectivity index (χ3v) is 6.32. The lowest BCUT2D eigenvalue weighted by atomic mass is 10.1. The topological polar surface area (TPSA) is 244 Å². The Hall–Kier alpha value is -3.75. The van der Waals surface area contributed by atoms with Gasteiger partial charge >= 0.3 is 5.97 Å². The molecule has 3 heterocycles. The lowest BCUT2D eigenvalue weighted by Crippen LogP contribution is -2.34. The van der Waals surface area contributed by atoms with Crippen LogP contribution >= 0.6 is 12.4 Å². The van der Waals surface area contributed by atoms with Gasteiger partial charge < -0.3 is 49.6 Å². The maximum atomic E-state index is 12.5. The van der Waals surface area contributed by atoms with E-state index in [1.807, 2.05) is 6.07 Å². The molecular formula is C26H51ClN10O3. The predicted octanol–water partition coefficient (Wildman–Crippen LogP) is 6.57. The van der Waals surface area contributed by atoms with Gasteiger partial charge in [-0.2, -0.15) is 15.0 Å². The first kappa shape index (κ1) is 36.2. The molecule has 0 radical (unpaired) electrons. The Morgan fingerprint density at radius 1 is 0.775 bits per heavy atom. The SMILES string of the molecule is Cl.N.N.N.N.O=C(Oc1ccccc1)c1ccc(Nc2nc(N3CCCCC3)nc(N3CCCCC3)n2)cc1O.[HH].[HH].[HH].[HH]. The summed E-state index contributed by atoms with van der Waals surface area (Å²) in [6, 6.07) is 13.5. The summed E-state index contributed by atoms with van der Waals surface area (Å²) >= 11 is 0. The molecule has 5 rings (SSSR count). The van der Waals surface area contributed by atoms with E-state index in [0.29, 0.717) is 29.3 Å². The minimum absolute atomic E-state index is 0. The number of halogens is 1. The smallest absolute Gasteiger partial charge is 0.347 e. The molecule has 0 saturated carbocycles. The summed E-state index contributed by atoms with van der Waals surface area (Å²) in [7, 11) is 0. The third-order valence-electron chi connectivity index (χ3n) is 6.32. The molecule has 230 valence electrons. The minimum Gasteiger partial charge on any atom is -0.507 e. The lowest BCUT2D eigenvalue weighted by Gasteiger charge is -2.30. The van der Waals surface area contributed by atoms with Crippen LogP contribution in [0.5, 0.6) is 11.5 Å². The van der Waals surface area contributed by atoms with Crippen LogP contribution in [-0.2, 0) is 0 Å². The number of hydrogen-bond donors (Lipinski definition) is 6. The van der Waals surface area contributed by atoms with E-state index in [0.717, 1.165) is 51.9 Å². The molecule has 13 nitrogen and oxygen atoms in total. The first-order valence-electron chi connectivity index (χ1n) is 12.3. The fourth-order valence-corrected chi connectivity index (χ4v) is 4.44. The number of para-hydroxylation sites is 1. The molecule has 2 aliphatic heterocycles. The Morgan fingerprint density at radius 2 is 1.30 bits per heavy atom. The van der Waals surface area contributed by atoms with E-state index in [2.05, 4.69) is 25.1 Å². The molecule has 0 aliphatic carbocycles. The van der Waals surface area contributed by atoms with Crippen LogP contribution in [0.2, 0.25) is 0 Å². The van der Waals surface area contributed by atoms with Gasteiger partial charge in [0, 0.05) is 43.6 Å². The van der Waals surface area contributed by atoms with Crippen LogP contribution in [0.25, 0.3) is 0 Å². The van der Waals surface area contributed by atoms with Crippen LogP contribution in [0.4, 0.5) is 23.5 Å². The maximum absolute atomic E-state index is 12.5. The highest BCUT2D eigenvalue weighted by Crippen LogP contribution is 2.27. The van der Waals surface area contributed by atoms with E-state index in [1.54, 1.807) is 30.3 Å². The molecule has 0 amide bonds. The monoisotopic (exact) mass is 586 g/mol. The number of phenols is 1. The number of esters is 1. The Bertz CT molecular complexity index is 1160. The molecule has 2 aromatic carbocycles. The molecule has 2 fully saturated rings. The number of carbonyl (C=O) groups is 1. The fourth-order valence-electron chi connectivity index (χ4n) is 4.44. The van der Waals surface area contributed by atoms with Crippen LogP contribution in [0.3, 0.4) is 0 Å². The highest BCUT2D eigenvalue weighted by molar-refractivity contribution is 5.94. The van der Waals surface area contributed by atoms with Crippen molar-refractivity contribution in [2.24, 2.45) is 0 Å². The van der Waals surface area contributed by atoms with Gasteiger partial charge in [0.1, 0.15) is 17.1 Å². The number of rotatable bonds is 6. The average molecular weight is 587 g/mol. The van der Waals surface area contributed by atoms with E-state index in [4.69, 9.17) is 9.72 Å². The highest BCUT2D eigenvalue weighted by Gasteiger charge is 2.21. The molecule has 0 atom stereocenters. The average Bonchev–Trinajstić information content (AvgIpc) is 2.90. The first-order valence-corrected chi connectivity index (χ1v) is 12.3. The zero-order valence-electron chi connectivity index (χ0n) is 22.9. The Morgan fingerprint density at radius 3 is 1.80 bits per heavy atom. The number of benzene rings is 2. The largest absolute Gasteiger partial charge is 0.507 e. The van der Waals surface area contributed by atoms with Crippen LogP contribution in [0.1, 0.15) is 54.6 Å². The number of phenolic OH excluding ortho intramolecular Hbond substituents is 1. The number of aromatic hydroxyl groups is 1. The molecule has 0 bridgehead atoms. The summed E-state index contributed by atoms with van der Waals surface area (Å²) in [6.45, 7) is 3.73. The lowest BCUT2D eigenvalue weighted by molar-refractivity contribution is 0.0731. The van der Waals surface area contributed by atoms with Crippen LogP contribution in [-0.4, -0.2) is 52.2 Å². The van der Waals surface area contributed by atoms with Gasteiger partial charge in [0.05, 0.1) is 0 Å².